The summed E-state index contributed by atoms with van der Waals surface area (Å²) in [7, 11) is 4.24. The lowest BCUT2D eigenvalue weighted by Crippen LogP contribution is -2.09. The van der Waals surface area contributed by atoms with Crippen molar-refractivity contribution in [3.8, 4) is 0 Å². The Morgan fingerprint density at radius 3 is 2.60 bits per heavy atom. The Kier molecular flexibility index (Phi) is 2.44. The maximum absolute atomic E-state index is 5.77. The predicted molar refractivity (Wildman–Crippen MR) is 51.9 cm³/mol. The zero-order valence-electron chi connectivity index (χ0n) is 6.32. The molecule has 0 unspecified atom stereocenters. The van der Waals surface area contributed by atoms with Crippen molar-refractivity contribution in [3.63, 3.8) is 0 Å². The number of hydrogen-bond acceptors (Lipinski definition) is 0. The quantitative estimate of drug-likeness (QED) is 0.484. The molecule has 0 aliphatic rings. The van der Waals surface area contributed by atoms with Gasteiger partial charge in [0.25, 0.3) is 0 Å². The fraction of sp³-hybridized carbons (Fsp3) is 0.143. The highest BCUT2D eigenvalue weighted by atomic mass is 35.5. The van der Waals surface area contributed by atoms with Crippen molar-refractivity contribution < 1.29 is 0 Å². The fourth-order valence-electron chi connectivity index (χ4n) is 1.06. The van der Waals surface area contributed by atoms with Crippen LogP contribution in [0.1, 0.15) is 5.56 Å². The third kappa shape index (κ3) is 1.57. The normalized spacial score (nSPS) is 9.70. The molecule has 0 N–H and O–H groups in total. The Morgan fingerprint density at radius 1 is 1.40 bits per heavy atom. The van der Waals surface area contributed by atoms with Crippen LogP contribution < -0.4 is 5.46 Å². The van der Waals surface area contributed by atoms with E-state index in [9.17, 15) is 0 Å². The summed E-state index contributed by atoms with van der Waals surface area (Å²) in [5.74, 6) is 0. The molecule has 0 heterocycles. The summed E-state index contributed by atoms with van der Waals surface area (Å²) in [5.41, 5.74) is 2.67. The molecule has 50 valence electrons. The Labute approximate surface area is 68.4 Å². The smallest absolute Gasteiger partial charge is 0.0851 e. The molecule has 0 aliphatic carbocycles. The van der Waals surface area contributed by atoms with Gasteiger partial charge in [-0.05, 0) is 12.1 Å². The van der Waals surface area contributed by atoms with Crippen molar-refractivity contribution in [2.24, 2.45) is 0 Å². The van der Waals surface area contributed by atoms with Gasteiger partial charge < -0.3 is 0 Å². The maximum Gasteiger partial charge on any atom is 0.139 e. The van der Waals surface area contributed by atoms with Gasteiger partial charge in [-0.3, -0.25) is 0 Å². The van der Waals surface area contributed by atoms with Crippen LogP contribution in [-0.2, 0) is 6.32 Å². The minimum absolute atomic E-state index is 0.828. The van der Waals surface area contributed by atoms with Gasteiger partial charge in [0.15, 0.2) is 0 Å². The van der Waals surface area contributed by atoms with Crippen LogP contribution in [-0.4, -0.2) is 15.7 Å². The second kappa shape index (κ2) is 3.16. The minimum atomic E-state index is 0.828. The zero-order valence-corrected chi connectivity index (χ0v) is 7.07. The molecule has 1 aromatic carbocycles. The van der Waals surface area contributed by atoms with Crippen molar-refractivity contribution in [1.29, 1.82) is 0 Å². The largest absolute Gasteiger partial charge is 0.139 e. The average molecular weight is 150 g/mol. The SMILES string of the molecule is BCc1ccc(Cl)cc1B. The summed E-state index contributed by atoms with van der Waals surface area (Å²) in [6, 6.07) is 6.02. The fourth-order valence-corrected chi connectivity index (χ4v) is 1.28. The Morgan fingerprint density at radius 2 is 2.10 bits per heavy atom. The van der Waals surface area contributed by atoms with Crippen LogP contribution in [0.15, 0.2) is 18.2 Å². The van der Waals surface area contributed by atoms with E-state index in [0.29, 0.717) is 0 Å². The summed E-state index contributed by atoms with van der Waals surface area (Å²) in [4.78, 5) is 0. The van der Waals surface area contributed by atoms with Crippen LogP contribution in [0.25, 0.3) is 0 Å². The number of benzene rings is 1. The summed E-state index contributed by atoms with van der Waals surface area (Å²) < 4.78 is 0. The van der Waals surface area contributed by atoms with Crippen LogP contribution >= 0.6 is 11.6 Å². The summed E-state index contributed by atoms with van der Waals surface area (Å²) in [6.45, 7) is 0. The highest BCUT2D eigenvalue weighted by Crippen LogP contribution is 2.06. The molecule has 1 aromatic rings. The first-order valence-electron chi connectivity index (χ1n) is 3.49. The van der Waals surface area contributed by atoms with E-state index in [4.69, 9.17) is 11.6 Å². The summed E-state index contributed by atoms with van der Waals surface area (Å²) in [5, 5.41) is 0.828. The molecular formula is C7H9B2Cl. The third-order valence-electron chi connectivity index (χ3n) is 1.69. The molecule has 0 radical (unpaired) electrons. The van der Waals surface area contributed by atoms with Gasteiger partial charge in [0.05, 0.1) is 0 Å². The molecule has 0 aliphatic heterocycles. The van der Waals surface area contributed by atoms with E-state index in [1.54, 1.807) is 0 Å². The van der Waals surface area contributed by atoms with E-state index in [1.807, 2.05) is 12.1 Å². The molecule has 0 saturated heterocycles. The topological polar surface area (TPSA) is 0 Å². The molecular weight excluding hydrogens is 141 g/mol. The van der Waals surface area contributed by atoms with Gasteiger partial charge in [0.1, 0.15) is 15.7 Å². The molecule has 0 fully saturated rings. The molecule has 1 rings (SSSR count). The van der Waals surface area contributed by atoms with E-state index >= 15 is 0 Å². The first kappa shape index (κ1) is 7.74. The highest BCUT2D eigenvalue weighted by molar-refractivity contribution is 6.37. The summed E-state index contributed by atoms with van der Waals surface area (Å²) in [6.07, 6.45) is 1.09. The van der Waals surface area contributed by atoms with Crippen LogP contribution in [0.3, 0.4) is 0 Å². The standard InChI is InChI=1S/C7H9B2Cl/c8-4-5-1-2-6(10)3-7(5)9/h1-3H,4,8-9H2. The molecule has 3 heteroatoms. The zero-order chi connectivity index (χ0) is 7.56. The van der Waals surface area contributed by atoms with Gasteiger partial charge in [-0.2, -0.15) is 0 Å². The van der Waals surface area contributed by atoms with Crippen molar-refractivity contribution >= 4 is 32.8 Å². The number of halogens is 1. The van der Waals surface area contributed by atoms with E-state index in [1.165, 1.54) is 11.0 Å². The van der Waals surface area contributed by atoms with Crippen molar-refractivity contribution in [2.45, 2.75) is 6.32 Å². The van der Waals surface area contributed by atoms with E-state index in [-0.39, 0.29) is 0 Å². The first-order valence-corrected chi connectivity index (χ1v) is 3.87. The molecule has 0 aromatic heterocycles. The minimum Gasteiger partial charge on any atom is -0.0851 e. The second-order valence-electron chi connectivity index (χ2n) is 2.42. The maximum atomic E-state index is 5.77. The Hall–Kier alpha value is -0.360. The summed E-state index contributed by atoms with van der Waals surface area (Å²) >= 11 is 5.77. The highest BCUT2D eigenvalue weighted by Gasteiger charge is 1.94. The van der Waals surface area contributed by atoms with Crippen molar-refractivity contribution in [3.05, 3.63) is 28.8 Å². The van der Waals surface area contributed by atoms with Crippen LogP contribution in [0, 0.1) is 0 Å². The Balaban J connectivity index is 3.07. The van der Waals surface area contributed by atoms with Gasteiger partial charge in [0, 0.05) is 5.02 Å². The van der Waals surface area contributed by atoms with Gasteiger partial charge in [0.2, 0.25) is 0 Å². The molecule has 0 nitrogen and oxygen atoms in total. The van der Waals surface area contributed by atoms with Crippen LogP contribution in [0.5, 0.6) is 0 Å². The number of hydrogen-bond donors (Lipinski definition) is 0. The van der Waals surface area contributed by atoms with Crippen molar-refractivity contribution in [2.75, 3.05) is 0 Å². The number of rotatable bonds is 1. The molecule has 0 atom stereocenters. The van der Waals surface area contributed by atoms with Gasteiger partial charge in [-0.1, -0.05) is 35.0 Å². The van der Waals surface area contributed by atoms with Gasteiger partial charge in [-0.15, -0.1) is 0 Å². The van der Waals surface area contributed by atoms with Crippen LogP contribution in [0.2, 0.25) is 5.02 Å². The second-order valence-corrected chi connectivity index (χ2v) is 2.86. The van der Waals surface area contributed by atoms with E-state index in [2.05, 4.69) is 21.8 Å². The molecule has 0 saturated carbocycles. The third-order valence-corrected chi connectivity index (χ3v) is 1.92. The molecule has 10 heavy (non-hydrogen) atoms. The molecule has 0 amide bonds. The van der Waals surface area contributed by atoms with Crippen molar-refractivity contribution in [1.82, 2.24) is 0 Å². The lowest BCUT2D eigenvalue weighted by molar-refractivity contribution is 1.44. The Bertz CT molecular complexity index is 235. The van der Waals surface area contributed by atoms with Gasteiger partial charge in [-0.25, -0.2) is 0 Å². The molecule has 0 bridgehead atoms. The average Bonchev–Trinajstić information content (AvgIpc) is 1.88. The molecule has 0 spiro atoms. The van der Waals surface area contributed by atoms with E-state index in [0.717, 1.165) is 11.3 Å². The predicted octanol–water partition coefficient (Wildman–Crippen LogP) is -0.269. The lowest BCUT2D eigenvalue weighted by Gasteiger charge is -2.01. The monoisotopic (exact) mass is 150 g/mol. The van der Waals surface area contributed by atoms with E-state index < -0.39 is 0 Å². The van der Waals surface area contributed by atoms with Gasteiger partial charge >= 0.3 is 0 Å². The van der Waals surface area contributed by atoms with Crippen LogP contribution in [0.4, 0.5) is 0 Å². The first-order chi connectivity index (χ1) is 4.74. The lowest BCUT2D eigenvalue weighted by atomic mass is 9.84.